The normalized spacial score (nSPS) is 27.1. The maximum atomic E-state index is 14.4. The number of fused-ring (bicyclic) bond motifs is 2. The summed E-state index contributed by atoms with van der Waals surface area (Å²) in [5, 5.41) is 16.6. The van der Waals surface area contributed by atoms with E-state index in [4.69, 9.17) is 20.4 Å². The van der Waals surface area contributed by atoms with Crippen molar-refractivity contribution in [3.8, 4) is 11.9 Å². The molecule has 6 rings (SSSR count). The second-order valence-electron chi connectivity index (χ2n) is 12.7. The van der Waals surface area contributed by atoms with E-state index in [1.807, 2.05) is 6.07 Å². The molecule has 3 atom stereocenters. The SMILES string of the molecule is CC(C)[C@@H]1CN(c2cc(OC[C@@H]3CCCN3C)nc(/C(N)=C3\CCC[C@@]4(CCCc5s[c-]c(C#N)c54)C3=O)n2)CCN1.[Mn]. The molecule has 0 aromatic carbocycles. The summed E-state index contributed by atoms with van der Waals surface area (Å²) < 4.78 is 6.31. The van der Waals surface area contributed by atoms with E-state index in [0.29, 0.717) is 59.6 Å². The second kappa shape index (κ2) is 13.3. The molecule has 11 heteroatoms. The largest absolute Gasteiger partial charge is 0.476 e. The van der Waals surface area contributed by atoms with Crippen LogP contribution in [0.25, 0.3) is 5.70 Å². The Morgan fingerprint density at radius 2 is 2.07 bits per heavy atom. The summed E-state index contributed by atoms with van der Waals surface area (Å²) in [7, 11) is 2.14. The number of rotatable bonds is 6. The Balaban J connectivity index is 0.00000368. The van der Waals surface area contributed by atoms with E-state index in [1.165, 1.54) is 17.8 Å². The number of allylic oxidation sites excluding steroid dienone is 1. The van der Waals surface area contributed by atoms with Crippen molar-refractivity contribution >= 4 is 28.6 Å². The van der Waals surface area contributed by atoms with Crippen LogP contribution in [0.3, 0.4) is 0 Å². The maximum absolute atomic E-state index is 14.4. The van der Waals surface area contributed by atoms with Crippen LogP contribution in [-0.4, -0.2) is 72.6 Å². The van der Waals surface area contributed by atoms with Crippen molar-refractivity contribution in [2.75, 3.05) is 44.7 Å². The van der Waals surface area contributed by atoms with Crippen LogP contribution in [0.5, 0.6) is 5.88 Å². The van der Waals surface area contributed by atoms with Crippen molar-refractivity contribution in [3.63, 3.8) is 0 Å². The minimum Gasteiger partial charge on any atom is -0.476 e. The van der Waals surface area contributed by atoms with Crippen LogP contribution < -0.4 is 20.7 Å². The number of aryl methyl sites for hydroxylation is 1. The average Bonchev–Trinajstić information content (AvgIpc) is 3.63. The summed E-state index contributed by atoms with van der Waals surface area (Å²) in [4.78, 5) is 29.9. The summed E-state index contributed by atoms with van der Waals surface area (Å²) in [6.07, 6.45) is 6.96. The summed E-state index contributed by atoms with van der Waals surface area (Å²) in [6, 6.07) is 4.93. The van der Waals surface area contributed by atoms with E-state index in [0.717, 1.165) is 81.0 Å². The number of aromatic nitrogens is 2. The van der Waals surface area contributed by atoms with Gasteiger partial charge in [0.1, 0.15) is 12.4 Å². The van der Waals surface area contributed by atoms with Gasteiger partial charge < -0.3 is 25.6 Å². The molecular weight excluding hydrogens is 601 g/mol. The van der Waals surface area contributed by atoms with Gasteiger partial charge in [-0.15, -0.1) is 10.4 Å². The molecule has 1 spiro atoms. The van der Waals surface area contributed by atoms with Crippen LogP contribution in [0.2, 0.25) is 0 Å². The fourth-order valence-corrected chi connectivity index (χ4v) is 8.33. The van der Waals surface area contributed by atoms with Crippen LogP contribution in [0, 0.1) is 22.6 Å². The van der Waals surface area contributed by atoms with Crippen LogP contribution in [0.15, 0.2) is 11.6 Å². The molecule has 0 unspecified atom stereocenters. The first-order valence-corrected chi connectivity index (χ1v) is 16.3. The van der Waals surface area contributed by atoms with Crippen molar-refractivity contribution in [1.82, 2.24) is 20.2 Å². The standard InChI is InChI=1S/C32H42N7O2S.Mn/c1-20(2)24-17-39(14-12-35-24)26-15-27(41-18-22-7-6-13-38(22)3)37-31(36-26)29(34)23-8-4-10-32(30(23)40)11-5-9-25-28(32)21(16-33)19-42-25;/h15,20,22,24,35H,4-14,17-18,34H2,1-3H3;/q-1;/b29-23-;/t22-,24-,32-;/m0./s1. The number of likely N-dealkylation sites (N-methyl/N-ethyl adjacent to an activating group) is 1. The number of nitrogens with one attached hydrogen (secondary N) is 1. The fraction of sp³-hybridized carbons (Fsp3) is 0.625. The number of nitrogens with two attached hydrogens (primary N) is 1. The first-order chi connectivity index (χ1) is 20.3. The van der Waals surface area contributed by atoms with Crippen molar-refractivity contribution in [2.45, 2.75) is 82.7 Å². The third-order valence-electron chi connectivity index (χ3n) is 9.83. The number of ketones is 1. The zero-order chi connectivity index (χ0) is 29.4. The quantitative estimate of drug-likeness (QED) is 0.275. The molecule has 4 aliphatic rings. The van der Waals surface area contributed by atoms with E-state index < -0.39 is 5.41 Å². The van der Waals surface area contributed by atoms with Gasteiger partial charge in [-0.25, -0.2) is 4.98 Å². The molecule has 2 aromatic heterocycles. The Labute approximate surface area is 269 Å². The van der Waals surface area contributed by atoms with Gasteiger partial charge in [-0.05, 0) is 64.1 Å². The third-order valence-corrected chi connectivity index (χ3v) is 10.8. The van der Waals surface area contributed by atoms with E-state index in [2.05, 4.69) is 47.5 Å². The number of likely N-dealkylation sites (tertiary alicyclic amines) is 1. The van der Waals surface area contributed by atoms with Gasteiger partial charge in [-0.2, -0.15) is 4.98 Å². The Kier molecular flexibility index (Phi) is 9.84. The van der Waals surface area contributed by atoms with Crippen LogP contribution in [0.4, 0.5) is 5.82 Å². The zero-order valence-corrected chi connectivity index (χ0v) is 27.4. The number of hydrogen-bond donors (Lipinski definition) is 2. The molecule has 0 bridgehead atoms. The van der Waals surface area contributed by atoms with Crippen molar-refractivity contribution in [2.24, 2.45) is 11.7 Å². The molecule has 231 valence electrons. The van der Waals surface area contributed by atoms with Gasteiger partial charge >= 0.3 is 0 Å². The minimum atomic E-state index is -0.708. The maximum Gasteiger partial charge on any atom is 0.219 e. The van der Waals surface area contributed by atoms with Crippen molar-refractivity contribution in [1.29, 1.82) is 5.26 Å². The van der Waals surface area contributed by atoms with E-state index in [1.54, 1.807) is 0 Å². The number of piperazine rings is 1. The van der Waals surface area contributed by atoms with E-state index in [-0.39, 0.29) is 22.9 Å². The summed E-state index contributed by atoms with van der Waals surface area (Å²) in [6.45, 7) is 8.59. The Morgan fingerprint density at radius 3 is 2.79 bits per heavy atom. The molecule has 43 heavy (non-hydrogen) atoms. The van der Waals surface area contributed by atoms with Crippen LogP contribution in [-0.2, 0) is 33.7 Å². The molecule has 3 fully saturated rings. The molecule has 2 aliphatic carbocycles. The number of thiophene rings is 1. The van der Waals surface area contributed by atoms with Gasteiger partial charge in [0.15, 0.2) is 11.6 Å². The van der Waals surface area contributed by atoms with Gasteiger partial charge in [0.25, 0.3) is 0 Å². The first-order valence-electron chi connectivity index (χ1n) is 15.5. The summed E-state index contributed by atoms with van der Waals surface area (Å²) in [5.41, 5.74) is 8.50. The zero-order valence-electron chi connectivity index (χ0n) is 25.4. The number of anilines is 1. The predicted molar refractivity (Wildman–Crippen MR) is 164 cm³/mol. The molecule has 4 heterocycles. The van der Waals surface area contributed by atoms with E-state index in [9.17, 15) is 10.1 Å². The summed E-state index contributed by atoms with van der Waals surface area (Å²) in [5.74, 6) is 2.15. The van der Waals surface area contributed by atoms with Gasteiger partial charge in [-0.1, -0.05) is 37.6 Å². The molecule has 2 aliphatic heterocycles. The number of hydrogen-bond acceptors (Lipinski definition) is 10. The summed E-state index contributed by atoms with van der Waals surface area (Å²) >= 11 is 1.49. The van der Waals surface area contributed by atoms with E-state index >= 15 is 0 Å². The molecule has 1 saturated carbocycles. The topological polar surface area (TPSA) is 120 Å². The molecule has 2 saturated heterocycles. The Bertz CT molecular complexity index is 1420. The molecular formula is C32H42MnN7O2S-. The van der Waals surface area contributed by atoms with Gasteiger partial charge in [0.2, 0.25) is 5.88 Å². The Morgan fingerprint density at radius 1 is 1.28 bits per heavy atom. The third kappa shape index (κ3) is 6.10. The molecule has 9 nitrogen and oxygen atoms in total. The monoisotopic (exact) mass is 643 g/mol. The van der Waals surface area contributed by atoms with Crippen molar-refractivity contribution < 1.29 is 26.6 Å². The molecule has 0 amide bonds. The fourth-order valence-electron chi connectivity index (χ4n) is 7.32. The average molecular weight is 644 g/mol. The van der Waals surface area contributed by atoms with Gasteiger partial charge in [0.05, 0.1) is 5.70 Å². The number of nitrogens with zero attached hydrogens (tertiary/aromatic N) is 5. The van der Waals surface area contributed by atoms with Crippen LogP contribution >= 0.6 is 11.3 Å². The second-order valence-corrected chi connectivity index (χ2v) is 13.6. The van der Waals surface area contributed by atoms with Crippen molar-refractivity contribution in [3.05, 3.63) is 38.8 Å². The minimum absolute atomic E-state index is 0. The first kappa shape index (κ1) is 31.9. The number of nitriles is 1. The number of carbonyl (C=O) groups excluding carboxylic acids is 1. The Hall–Kier alpha value is -2.48. The van der Waals surface area contributed by atoms with Gasteiger partial charge in [0, 0.05) is 65.8 Å². The van der Waals surface area contributed by atoms with Crippen LogP contribution in [0.1, 0.15) is 80.6 Å². The molecule has 3 N–H and O–H groups in total. The van der Waals surface area contributed by atoms with Gasteiger partial charge in [-0.3, -0.25) is 21.4 Å². The smallest absolute Gasteiger partial charge is 0.219 e. The molecule has 2 aromatic rings. The number of ether oxygens (including phenoxy) is 1. The predicted octanol–water partition coefficient (Wildman–Crippen LogP) is 3.81. The number of carbonyl (C=O) groups is 1. The number of Topliss-reactive ketones (excluding diaryl/α,β-unsaturated/α-hetero) is 1. The molecule has 1 radical (unpaired) electrons.